The molecule has 0 atom stereocenters. The van der Waals surface area contributed by atoms with E-state index in [1.165, 1.54) is 6.33 Å². The number of ether oxygens (including phenoxy) is 2. The van der Waals surface area contributed by atoms with E-state index < -0.39 is 11.6 Å². The quantitative estimate of drug-likeness (QED) is 0.387. The summed E-state index contributed by atoms with van der Waals surface area (Å²) >= 11 is 0. The number of nitrogens with zero attached hydrogens (tertiary/aromatic N) is 4. The minimum absolute atomic E-state index is 0. The van der Waals surface area contributed by atoms with Gasteiger partial charge in [-0.15, -0.1) is 22.6 Å². The second-order valence-electron chi connectivity index (χ2n) is 7.62. The molecule has 1 aromatic carbocycles. The molecule has 2 heterocycles. The molecule has 172 valence electrons. The number of amides is 1. The van der Waals surface area contributed by atoms with E-state index in [9.17, 15) is 4.79 Å². The van der Waals surface area contributed by atoms with E-state index in [4.69, 9.17) is 20.9 Å². The summed E-state index contributed by atoms with van der Waals surface area (Å²) in [5.41, 5.74) is 12.6. The fourth-order valence-corrected chi connectivity index (χ4v) is 3.83. The summed E-state index contributed by atoms with van der Waals surface area (Å²) in [6, 6.07) is 5.24. The number of aromatic nitrogens is 4. The fraction of sp³-hybridized carbons (Fsp3) is 0.400. The molecule has 11 nitrogen and oxygen atoms in total. The second-order valence-corrected chi connectivity index (χ2v) is 7.62. The van der Waals surface area contributed by atoms with Crippen LogP contribution in [0.2, 0.25) is 0 Å². The van der Waals surface area contributed by atoms with Crippen molar-refractivity contribution < 1.29 is 14.3 Å². The smallest absolute Gasteiger partial charge is 0.256 e. The predicted molar refractivity (Wildman–Crippen MR) is 123 cm³/mol. The lowest BCUT2D eigenvalue weighted by Gasteiger charge is -2.34. The topological polar surface area (TPSA) is 155 Å². The Balaban J connectivity index is 0.00000289. The lowest BCUT2D eigenvalue weighted by atomic mass is 9.90. The molecule has 0 aliphatic heterocycles. The summed E-state index contributed by atoms with van der Waals surface area (Å²) in [4.78, 5) is 16.9. The molecule has 0 spiro atoms. The molecular weight excluding hydrogens is 436 g/mol. The van der Waals surface area contributed by atoms with Crippen LogP contribution in [0.25, 0.3) is 5.65 Å². The highest BCUT2D eigenvalue weighted by Crippen LogP contribution is 2.32. The summed E-state index contributed by atoms with van der Waals surface area (Å²) in [7, 11) is 3.11. The van der Waals surface area contributed by atoms with Gasteiger partial charge in [-0.2, -0.15) is 4.98 Å². The molecule has 0 radical (unpaired) electrons. The third kappa shape index (κ3) is 4.63. The van der Waals surface area contributed by atoms with Crippen LogP contribution in [-0.4, -0.2) is 45.4 Å². The molecule has 1 aliphatic rings. The zero-order chi connectivity index (χ0) is 22.0. The average molecular weight is 463 g/mol. The van der Waals surface area contributed by atoms with Gasteiger partial charge in [0, 0.05) is 23.9 Å². The highest BCUT2D eigenvalue weighted by molar-refractivity contribution is 6.04. The molecule has 3 aromatic rings. The molecule has 0 unspecified atom stereocenters. The van der Waals surface area contributed by atoms with Gasteiger partial charge in [0.1, 0.15) is 23.4 Å². The highest BCUT2D eigenvalue weighted by atomic mass is 35.5. The van der Waals surface area contributed by atoms with Crippen molar-refractivity contribution >= 4 is 41.4 Å². The van der Waals surface area contributed by atoms with E-state index >= 15 is 0 Å². The minimum atomic E-state index is -0.686. The summed E-state index contributed by atoms with van der Waals surface area (Å²) in [5, 5.41) is 14.5. The van der Waals surface area contributed by atoms with Crippen LogP contribution >= 0.6 is 12.4 Å². The Hall–Kier alpha value is -3.31. The standard InChI is InChI=1S/C20H26N8O3.ClH/c1-30-13-8-12(9-14(10-13)31-2)24-17-15(16(21)29)18-27-23-11-28(18)19(25-17)26-20(22)6-4-3-5-7-20;/h8-11,24H,3-7,22H2,1-2H3,(H2,21,29)(H,25,26);1H. The van der Waals surface area contributed by atoms with Gasteiger partial charge in [0.15, 0.2) is 11.5 Å². The number of nitrogens with two attached hydrogens (primary N) is 2. The van der Waals surface area contributed by atoms with Crippen LogP contribution < -0.4 is 31.6 Å². The van der Waals surface area contributed by atoms with Crippen LogP contribution in [0.15, 0.2) is 24.5 Å². The molecule has 1 saturated carbocycles. The van der Waals surface area contributed by atoms with Gasteiger partial charge in [0.25, 0.3) is 5.91 Å². The minimum Gasteiger partial charge on any atom is -0.497 e. The maximum atomic E-state index is 12.3. The maximum absolute atomic E-state index is 12.3. The molecule has 6 N–H and O–H groups in total. The molecule has 1 amide bonds. The number of hydrogen-bond donors (Lipinski definition) is 4. The summed E-state index contributed by atoms with van der Waals surface area (Å²) < 4.78 is 12.2. The van der Waals surface area contributed by atoms with Crippen LogP contribution in [0.1, 0.15) is 42.5 Å². The van der Waals surface area contributed by atoms with Crippen LogP contribution in [0.4, 0.5) is 17.5 Å². The first-order chi connectivity index (χ1) is 14.9. The van der Waals surface area contributed by atoms with E-state index in [-0.39, 0.29) is 29.4 Å². The molecule has 32 heavy (non-hydrogen) atoms. The van der Waals surface area contributed by atoms with Gasteiger partial charge in [-0.3, -0.25) is 9.20 Å². The van der Waals surface area contributed by atoms with Crippen molar-refractivity contribution in [3.05, 3.63) is 30.1 Å². The van der Waals surface area contributed by atoms with Crippen molar-refractivity contribution in [3.63, 3.8) is 0 Å². The molecule has 1 aliphatic carbocycles. The first kappa shape index (κ1) is 23.4. The largest absolute Gasteiger partial charge is 0.497 e. The van der Waals surface area contributed by atoms with E-state index in [1.807, 2.05) is 0 Å². The van der Waals surface area contributed by atoms with Gasteiger partial charge in [-0.25, -0.2) is 0 Å². The third-order valence-electron chi connectivity index (χ3n) is 5.42. The predicted octanol–water partition coefficient (Wildman–Crippen LogP) is 2.44. The average Bonchev–Trinajstić information content (AvgIpc) is 3.23. The Bertz CT molecular complexity index is 1090. The van der Waals surface area contributed by atoms with Crippen LogP contribution in [0.5, 0.6) is 11.5 Å². The Kier molecular flexibility index (Phi) is 6.90. The Morgan fingerprint density at radius 1 is 1.12 bits per heavy atom. The molecule has 0 bridgehead atoms. The fourth-order valence-electron chi connectivity index (χ4n) is 3.83. The highest BCUT2D eigenvalue weighted by Gasteiger charge is 2.30. The van der Waals surface area contributed by atoms with Crippen LogP contribution in [0.3, 0.4) is 0 Å². The van der Waals surface area contributed by atoms with E-state index in [2.05, 4.69) is 25.8 Å². The van der Waals surface area contributed by atoms with Crippen molar-refractivity contribution in [2.75, 3.05) is 24.9 Å². The van der Waals surface area contributed by atoms with Crippen molar-refractivity contribution in [2.45, 2.75) is 37.8 Å². The monoisotopic (exact) mass is 462 g/mol. The number of carbonyl (C=O) groups excluding carboxylic acids is 1. The van der Waals surface area contributed by atoms with E-state index in [1.54, 1.807) is 36.8 Å². The number of fused-ring (bicyclic) bond motifs is 1. The molecule has 1 fully saturated rings. The molecular formula is C20H27ClN8O3. The number of rotatable bonds is 7. The Morgan fingerprint density at radius 3 is 2.38 bits per heavy atom. The number of hydrogen-bond acceptors (Lipinski definition) is 9. The first-order valence-corrected chi connectivity index (χ1v) is 10.0. The summed E-state index contributed by atoms with van der Waals surface area (Å²) in [6.07, 6.45) is 6.31. The van der Waals surface area contributed by atoms with Gasteiger partial charge in [-0.1, -0.05) is 6.42 Å². The SMILES string of the molecule is COc1cc(Nc2nc(NC3(N)CCCCC3)n3cnnc3c2C(N)=O)cc(OC)c1.Cl. The molecule has 0 saturated heterocycles. The van der Waals surface area contributed by atoms with Crippen LogP contribution in [-0.2, 0) is 0 Å². The normalized spacial score (nSPS) is 15.0. The molecule has 2 aromatic heterocycles. The van der Waals surface area contributed by atoms with Crippen molar-refractivity contribution in [1.29, 1.82) is 0 Å². The Labute approximate surface area is 191 Å². The number of benzene rings is 1. The number of halogens is 1. The molecule has 12 heteroatoms. The number of primary amides is 1. The zero-order valence-corrected chi connectivity index (χ0v) is 18.7. The maximum Gasteiger partial charge on any atom is 0.256 e. The number of nitrogens with one attached hydrogen (secondary N) is 2. The van der Waals surface area contributed by atoms with Gasteiger partial charge in [-0.05, 0) is 25.7 Å². The van der Waals surface area contributed by atoms with E-state index in [0.29, 0.717) is 23.1 Å². The van der Waals surface area contributed by atoms with Crippen LogP contribution in [0, 0.1) is 0 Å². The van der Waals surface area contributed by atoms with Gasteiger partial charge < -0.3 is 31.6 Å². The molecule has 4 rings (SSSR count). The summed E-state index contributed by atoms with van der Waals surface area (Å²) in [5.74, 6) is 1.12. The second kappa shape index (κ2) is 9.45. The third-order valence-corrected chi connectivity index (χ3v) is 5.42. The Morgan fingerprint density at radius 2 is 1.78 bits per heavy atom. The number of anilines is 3. The van der Waals surface area contributed by atoms with E-state index in [0.717, 1.165) is 32.1 Å². The van der Waals surface area contributed by atoms with Crippen molar-refractivity contribution in [1.82, 2.24) is 19.6 Å². The lowest BCUT2D eigenvalue weighted by Crippen LogP contribution is -2.49. The number of carbonyl (C=O) groups is 1. The van der Waals surface area contributed by atoms with Gasteiger partial charge in [0.2, 0.25) is 5.95 Å². The zero-order valence-electron chi connectivity index (χ0n) is 17.9. The van der Waals surface area contributed by atoms with Gasteiger partial charge in [0.05, 0.1) is 19.9 Å². The number of methoxy groups -OCH3 is 2. The summed E-state index contributed by atoms with van der Waals surface area (Å²) in [6.45, 7) is 0. The lowest BCUT2D eigenvalue weighted by molar-refractivity contribution is 0.100. The van der Waals surface area contributed by atoms with Crippen molar-refractivity contribution in [2.24, 2.45) is 11.5 Å². The van der Waals surface area contributed by atoms with Gasteiger partial charge >= 0.3 is 0 Å². The van der Waals surface area contributed by atoms with Crippen molar-refractivity contribution in [3.8, 4) is 11.5 Å². The first-order valence-electron chi connectivity index (χ1n) is 10.0.